The molecule has 0 bridgehead atoms. The van der Waals surface area contributed by atoms with Gasteiger partial charge in [0.05, 0.1) is 0 Å². The molecule has 0 N–H and O–H groups in total. The Bertz CT molecular complexity index is 606. The van der Waals surface area contributed by atoms with Crippen LogP contribution in [0.2, 0.25) is 0 Å². The molecule has 0 aromatic heterocycles. The summed E-state index contributed by atoms with van der Waals surface area (Å²) in [6, 6.07) is 0. The Labute approximate surface area is 145 Å². The van der Waals surface area contributed by atoms with Gasteiger partial charge in [-0.05, 0) is 61.7 Å². The Morgan fingerprint density at radius 3 is 2.58 bits per heavy atom. The van der Waals surface area contributed by atoms with Gasteiger partial charge in [0.1, 0.15) is 11.9 Å². The van der Waals surface area contributed by atoms with Crippen LogP contribution in [0.3, 0.4) is 0 Å². The highest BCUT2D eigenvalue weighted by Gasteiger charge is 2.58. The van der Waals surface area contributed by atoms with Crippen molar-refractivity contribution in [1.29, 1.82) is 0 Å². The molecule has 0 aliphatic heterocycles. The Kier molecular flexibility index (Phi) is 3.71. The van der Waals surface area contributed by atoms with Crippen LogP contribution in [0.4, 0.5) is 0 Å². The molecule has 4 aliphatic rings. The molecule has 0 saturated heterocycles. The molecule has 0 unspecified atom stereocenters. The summed E-state index contributed by atoms with van der Waals surface area (Å²) in [6.07, 6.45) is 10.8. The fraction of sp³-hybridized carbons (Fsp3) is 0.810. The standard InChI is InChI=1S/C21H30O3/c1-13(22)24-15-8-10-20(2)14(12-15)4-5-16-17-6-7-19(23)21(17,3)11-9-18(16)20/h4,15-18H,5-12H2,1-3H3/t15-,16-,17+,18+,20-,21+/m0/s1. The number of hydrogen-bond donors (Lipinski definition) is 0. The van der Waals surface area contributed by atoms with Crippen molar-refractivity contribution in [3.05, 3.63) is 11.6 Å². The van der Waals surface area contributed by atoms with Crippen LogP contribution in [-0.2, 0) is 14.3 Å². The lowest BCUT2D eigenvalue weighted by Crippen LogP contribution is -2.50. The van der Waals surface area contributed by atoms with Gasteiger partial charge in [0.25, 0.3) is 0 Å². The van der Waals surface area contributed by atoms with Gasteiger partial charge in [0, 0.05) is 25.2 Å². The van der Waals surface area contributed by atoms with Crippen LogP contribution < -0.4 is 0 Å². The zero-order valence-electron chi connectivity index (χ0n) is 15.3. The predicted octanol–water partition coefficient (Wildman–Crippen LogP) is 4.45. The lowest BCUT2D eigenvalue weighted by atomic mass is 9.48. The second kappa shape index (κ2) is 5.44. The summed E-state index contributed by atoms with van der Waals surface area (Å²) < 4.78 is 5.50. The van der Waals surface area contributed by atoms with E-state index in [0.717, 1.165) is 44.9 Å². The Hall–Kier alpha value is -1.12. The van der Waals surface area contributed by atoms with E-state index in [-0.39, 0.29) is 22.9 Å². The van der Waals surface area contributed by atoms with Crippen molar-refractivity contribution in [1.82, 2.24) is 0 Å². The van der Waals surface area contributed by atoms with Gasteiger partial charge in [-0.25, -0.2) is 0 Å². The molecule has 3 fully saturated rings. The maximum absolute atomic E-state index is 12.4. The number of Topliss-reactive ketones (excluding diaryl/α,β-unsaturated/α-hetero) is 1. The quantitative estimate of drug-likeness (QED) is 0.527. The number of esters is 1. The zero-order chi connectivity index (χ0) is 17.1. The van der Waals surface area contributed by atoms with E-state index in [4.69, 9.17) is 4.74 Å². The molecule has 0 aromatic carbocycles. The first-order chi connectivity index (χ1) is 11.3. The average Bonchev–Trinajstić information content (AvgIpc) is 2.83. The molecule has 24 heavy (non-hydrogen) atoms. The van der Waals surface area contributed by atoms with Crippen molar-refractivity contribution in [3.63, 3.8) is 0 Å². The van der Waals surface area contributed by atoms with Gasteiger partial charge in [-0.15, -0.1) is 0 Å². The lowest BCUT2D eigenvalue weighted by molar-refractivity contribution is -0.148. The summed E-state index contributed by atoms with van der Waals surface area (Å²) in [5.74, 6) is 2.33. The van der Waals surface area contributed by atoms with E-state index >= 15 is 0 Å². The average molecular weight is 330 g/mol. The first kappa shape index (κ1) is 16.4. The van der Waals surface area contributed by atoms with Gasteiger partial charge < -0.3 is 4.74 Å². The molecule has 0 amide bonds. The van der Waals surface area contributed by atoms with E-state index in [0.29, 0.717) is 23.5 Å². The minimum atomic E-state index is -0.157. The number of allylic oxidation sites excluding steroid dienone is 1. The molecule has 132 valence electrons. The fourth-order valence-electron chi connectivity index (χ4n) is 6.73. The van der Waals surface area contributed by atoms with Crippen LogP contribution in [-0.4, -0.2) is 17.9 Å². The van der Waals surface area contributed by atoms with Crippen molar-refractivity contribution in [2.45, 2.75) is 78.2 Å². The molecule has 0 spiro atoms. The maximum Gasteiger partial charge on any atom is 0.302 e. The van der Waals surface area contributed by atoms with Crippen LogP contribution in [0.5, 0.6) is 0 Å². The topological polar surface area (TPSA) is 43.4 Å². The monoisotopic (exact) mass is 330 g/mol. The first-order valence-electron chi connectivity index (χ1n) is 9.74. The summed E-state index contributed by atoms with van der Waals surface area (Å²) in [7, 11) is 0. The molecule has 0 heterocycles. The third kappa shape index (κ3) is 2.23. The van der Waals surface area contributed by atoms with Crippen molar-refractivity contribution < 1.29 is 14.3 Å². The van der Waals surface area contributed by atoms with E-state index in [1.165, 1.54) is 18.9 Å². The Morgan fingerprint density at radius 2 is 1.83 bits per heavy atom. The molecule has 0 aromatic rings. The molecular formula is C21H30O3. The highest BCUT2D eigenvalue weighted by Crippen LogP contribution is 2.64. The highest BCUT2D eigenvalue weighted by atomic mass is 16.5. The summed E-state index contributed by atoms with van der Waals surface area (Å²) in [4.78, 5) is 23.7. The number of ether oxygens (including phenoxy) is 1. The van der Waals surface area contributed by atoms with Crippen LogP contribution >= 0.6 is 0 Å². The van der Waals surface area contributed by atoms with E-state index in [1.807, 2.05) is 0 Å². The SMILES string of the molecule is CC(=O)O[C@H]1CC[C@@]2(C)C(=CC[C@H]3[C@H]4CCC(=O)[C@]4(C)CC[C@H]32)C1. The molecule has 0 radical (unpaired) electrons. The van der Waals surface area contributed by atoms with Gasteiger partial charge >= 0.3 is 5.97 Å². The fourth-order valence-corrected chi connectivity index (χ4v) is 6.73. The van der Waals surface area contributed by atoms with Crippen molar-refractivity contribution in [2.24, 2.45) is 28.6 Å². The third-order valence-electron chi connectivity index (χ3n) is 8.10. The van der Waals surface area contributed by atoms with E-state index in [1.54, 1.807) is 0 Å². The van der Waals surface area contributed by atoms with Crippen molar-refractivity contribution >= 4 is 11.8 Å². The smallest absolute Gasteiger partial charge is 0.302 e. The molecule has 3 saturated carbocycles. The molecule has 4 rings (SSSR count). The van der Waals surface area contributed by atoms with Gasteiger partial charge in [-0.1, -0.05) is 25.5 Å². The molecule has 6 atom stereocenters. The minimum Gasteiger partial charge on any atom is -0.462 e. The van der Waals surface area contributed by atoms with Gasteiger partial charge in [0.2, 0.25) is 0 Å². The van der Waals surface area contributed by atoms with Crippen LogP contribution in [0.1, 0.15) is 72.1 Å². The third-order valence-corrected chi connectivity index (χ3v) is 8.10. The number of ketones is 1. The molecular weight excluding hydrogens is 300 g/mol. The van der Waals surface area contributed by atoms with E-state index in [9.17, 15) is 9.59 Å². The number of carbonyl (C=O) groups is 2. The summed E-state index contributed by atoms with van der Waals surface area (Å²) in [5.41, 5.74) is 1.74. The van der Waals surface area contributed by atoms with Crippen LogP contribution in [0, 0.1) is 28.6 Å². The highest BCUT2D eigenvalue weighted by molar-refractivity contribution is 5.87. The summed E-state index contributed by atoms with van der Waals surface area (Å²) in [5, 5.41) is 0. The molecule has 3 nitrogen and oxygen atoms in total. The second-order valence-corrected chi connectivity index (χ2v) is 9.15. The molecule has 4 aliphatic carbocycles. The van der Waals surface area contributed by atoms with E-state index < -0.39 is 0 Å². The first-order valence-corrected chi connectivity index (χ1v) is 9.74. The van der Waals surface area contributed by atoms with Crippen molar-refractivity contribution in [2.75, 3.05) is 0 Å². The van der Waals surface area contributed by atoms with Gasteiger partial charge in [-0.2, -0.15) is 0 Å². The lowest BCUT2D eigenvalue weighted by Gasteiger charge is -2.56. The molecule has 3 heteroatoms. The van der Waals surface area contributed by atoms with Gasteiger partial charge in [-0.3, -0.25) is 9.59 Å². The van der Waals surface area contributed by atoms with Gasteiger partial charge in [0.15, 0.2) is 0 Å². The number of rotatable bonds is 1. The zero-order valence-corrected chi connectivity index (χ0v) is 15.3. The van der Waals surface area contributed by atoms with E-state index in [2.05, 4.69) is 19.9 Å². The largest absolute Gasteiger partial charge is 0.462 e. The Morgan fingerprint density at radius 1 is 1.12 bits per heavy atom. The van der Waals surface area contributed by atoms with Crippen LogP contribution in [0.25, 0.3) is 0 Å². The second-order valence-electron chi connectivity index (χ2n) is 9.15. The van der Waals surface area contributed by atoms with Crippen LogP contribution in [0.15, 0.2) is 11.6 Å². The Balaban J connectivity index is 1.60. The minimum absolute atomic E-state index is 0.0438. The predicted molar refractivity (Wildman–Crippen MR) is 92.3 cm³/mol. The number of carbonyl (C=O) groups excluding carboxylic acids is 2. The summed E-state index contributed by atoms with van der Waals surface area (Å²) in [6.45, 7) is 6.19. The normalized spacial score (nSPS) is 47.3. The van der Waals surface area contributed by atoms with Crippen molar-refractivity contribution in [3.8, 4) is 0 Å². The number of hydrogen-bond acceptors (Lipinski definition) is 3. The number of fused-ring (bicyclic) bond motifs is 5. The maximum atomic E-state index is 12.4. The summed E-state index contributed by atoms with van der Waals surface area (Å²) >= 11 is 0.